The molecule has 3 fully saturated rings. The summed E-state index contributed by atoms with van der Waals surface area (Å²) in [6.45, 7) is 11.3. The van der Waals surface area contributed by atoms with E-state index in [0.29, 0.717) is 18.4 Å². The molecule has 0 amide bonds. The largest absolute Gasteiger partial charge is 0.462 e. The fourth-order valence-electron chi connectivity index (χ4n) is 6.23. The van der Waals surface area contributed by atoms with E-state index in [4.69, 9.17) is 14.2 Å². The van der Waals surface area contributed by atoms with Crippen molar-refractivity contribution in [3.8, 4) is 0 Å². The van der Waals surface area contributed by atoms with Crippen LogP contribution in [0.4, 0.5) is 0 Å². The monoisotopic (exact) mass is 434 g/mol. The van der Waals surface area contributed by atoms with Crippen LogP contribution in [0.5, 0.6) is 0 Å². The molecule has 172 valence electrons. The van der Waals surface area contributed by atoms with Crippen LogP contribution < -0.4 is 0 Å². The van der Waals surface area contributed by atoms with Gasteiger partial charge in [0.25, 0.3) is 0 Å². The van der Waals surface area contributed by atoms with Crippen molar-refractivity contribution in [3.05, 3.63) is 23.8 Å². The number of hydrogen-bond acceptors (Lipinski definition) is 7. The van der Waals surface area contributed by atoms with E-state index < -0.39 is 23.5 Å². The van der Waals surface area contributed by atoms with Gasteiger partial charge in [-0.25, -0.2) is 4.79 Å². The highest BCUT2D eigenvalue weighted by molar-refractivity contribution is 5.92. The lowest BCUT2D eigenvalue weighted by Crippen LogP contribution is -2.58. The molecule has 6 atom stereocenters. The van der Waals surface area contributed by atoms with Gasteiger partial charge in [-0.3, -0.25) is 9.59 Å². The van der Waals surface area contributed by atoms with Crippen molar-refractivity contribution in [1.82, 2.24) is 0 Å². The molecule has 0 aromatic rings. The van der Waals surface area contributed by atoms with Crippen LogP contribution in [0.3, 0.4) is 0 Å². The summed E-state index contributed by atoms with van der Waals surface area (Å²) in [6, 6.07) is 0. The third kappa shape index (κ3) is 4.29. The van der Waals surface area contributed by atoms with Crippen LogP contribution in [-0.2, 0) is 28.6 Å². The number of hydrogen-bond donors (Lipinski definition) is 1. The quantitative estimate of drug-likeness (QED) is 0.307. The lowest BCUT2D eigenvalue weighted by atomic mass is 9.46. The summed E-state index contributed by atoms with van der Waals surface area (Å²) in [7, 11) is 0. The van der Waals surface area contributed by atoms with Gasteiger partial charge in [-0.05, 0) is 49.4 Å². The van der Waals surface area contributed by atoms with E-state index in [1.807, 2.05) is 13.0 Å². The molecule has 3 rings (SSSR count). The van der Waals surface area contributed by atoms with Crippen LogP contribution in [0.1, 0.15) is 59.8 Å². The SMILES string of the molecule is C=C1CC[C@@H]2[C@](C)(CO)[C@H](OC(C)=O)CC[C@@]2(C)[C@@H]1C/C=C1/C(=O)OC[C@H]1OC(C)=O. The molecule has 0 bridgehead atoms. The summed E-state index contributed by atoms with van der Waals surface area (Å²) in [4.78, 5) is 35.2. The zero-order valence-electron chi connectivity index (χ0n) is 18.9. The van der Waals surface area contributed by atoms with E-state index in [1.165, 1.54) is 13.8 Å². The van der Waals surface area contributed by atoms with E-state index in [-0.39, 0.29) is 42.5 Å². The fraction of sp³-hybridized carbons (Fsp3) is 0.708. The summed E-state index contributed by atoms with van der Waals surface area (Å²) in [5.41, 5.74) is 0.793. The van der Waals surface area contributed by atoms with Crippen molar-refractivity contribution >= 4 is 17.9 Å². The smallest absolute Gasteiger partial charge is 0.337 e. The number of rotatable bonds is 5. The maximum atomic E-state index is 12.2. The Bertz CT molecular complexity index is 800. The lowest BCUT2D eigenvalue weighted by Gasteiger charge is -2.60. The van der Waals surface area contributed by atoms with E-state index >= 15 is 0 Å². The first-order valence-electron chi connectivity index (χ1n) is 11.0. The molecule has 0 aromatic carbocycles. The molecule has 7 nitrogen and oxygen atoms in total. The molecular formula is C24H34O7. The summed E-state index contributed by atoms with van der Waals surface area (Å²) in [5.74, 6) is -1.00. The van der Waals surface area contributed by atoms with Gasteiger partial charge in [0.1, 0.15) is 12.7 Å². The molecular weight excluding hydrogens is 400 g/mol. The van der Waals surface area contributed by atoms with Crippen LogP contribution in [0.25, 0.3) is 0 Å². The third-order valence-corrected chi connectivity index (χ3v) is 7.79. The molecule has 1 aliphatic heterocycles. The fourth-order valence-corrected chi connectivity index (χ4v) is 6.23. The molecule has 0 spiro atoms. The normalized spacial score (nSPS) is 39.1. The number of ether oxygens (including phenoxy) is 3. The summed E-state index contributed by atoms with van der Waals surface area (Å²) in [5, 5.41) is 10.4. The topological polar surface area (TPSA) is 99.1 Å². The minimum Gasteiger partial charge on any atom is -0.462 e. The number of aliphatic hydroxyl groups excluding tert-OH is 1. The molecule has 2 aliphatic carbocycles. The van der Waals surface area contributed by atoms with Gasteiger partial charge in [-0.1, -0.05) is 32.1 Å². The second-order valence-corrected chi connectivity index (χ2v) is 9.70. The molecule has 0 radical (unpaired) electrons. The summed E-state index contributed by atoms with van der Waals surface area (Å²) >= 11 is 0. The zero-order valence-corrected chi connectivity index (χ0v) is 18.9. The number of carbonyl (C=O) groups excluding carboxylic acids is 3. The molecule has 0 unspecified atom stereocenters. The molecule has 1 saturated heterocycles. The Labute approximate surface area is 183 Å². The van der Waals surface area contributed by atoms with Crippen LogP contribution in [0, 0.1) is 22.7 Å². The zero-order chi connectivity index (χ0) is 23.0. The van der Waals surface area contributed by atoms with E-state index in [2.05, 4.69) is 13.5 Å². The Morgan fingerprint density at radius 2 is 1.90 bits per heavy atom. The number of cyclic esters (lactones) is 1. The van der Waals surface area contributed by atoms with Gasteiger partial charge in [0.2, 0.25) is 0 Å². The highest BCUT2D eigenvalue weighted by Crippen LogP contribution is 2.62. The molecule has 3 aliphatic rings. The number of carbonyl (C=O) groups is 3. The van der Waals surface area contributed by atoms with Gasteiger partial charge in [0.15, 0.2) is 6.10 Å². The summed E-state index contributed by atoms with van der Waals surface area (Å²) in [6.07, 6.45) is 4.60. The summed E-state index contributed by atoms with van der Waals surface area (Å²) < 4.78 is 15.9. The lowest BCUT2D eigenvalue weighted by molar-refractivity contribution is -0.185. The van der Waals surface area contributed by atoms with Crippen LogP contribution in [-0.4, -0.2) is 48.4 Å². The second-order valence-electron chi connectivity index (χ2n) is 9.70. The number of esters is 3. The van der Waals surface area contributed by atoms with Gasteiger partial charge in [0.05, 0.1) is 12.2 Å². The van der Waals surface area contributed by atoms with Gasteiger partial charge in [0, 0.05) is 19.3 Å². The van der Waals surface area contributed by atoms with E-state index in [9.17, 15) is 19.5 Å². The minimum absolute atomic E-state index is 0.0440. The highest BCUT2D eigenvalue weighted by atomic mass is 16.6. The Balaban J connectivity index is 1.88. The second kappa shape index (κ2) is 8.77. The molecule has 2 saturated carbocycles. The average molecular weight is 435 g/mol. The van der Waals surface area contributed by atoms with Crippen molar-refractivity contribution in [1.29, 1.82) is 0 Å². The van der Waals surface area contributed by atoms with Crippen molar-refractivity contribution < 1.29 is 33.7 Å². The van der Waals surface area contributed by atoms with Crippen molar-refractivity contribution in [2.45, 2.75) is 72.0 Å². The highest BCUT2D eigenvalue weighted by Gasteiger charge is 2.58. The van der Waals surface area contributed by atoms with Gasteiger partial charge in [-0.15, -0.1) is 0 Å². The Kier molecular flexibility index (Phi) is 6.65. The van der Waals surface area contributed by atoms with Crippen LogP contribution >= 0.6 is 0 Å². The first-order valence-corrected chi connectivity index (χ1v) is 11.0. The Morgan fingerprint density at radius 3 is 2.52 bits per heavy atom. The van der Waals surface area contributed by atoms with Crippen molar-refractivity contribution in [2.24, 2.45) is 22.7 Å². The maximum absolute atomic E-state index is 12.2. The van der Waals surface area contributed by atoms with Crippen LogP contribution in [0.15, 0.2) is 23.8 Å². The number of aliphatic hydroxyl groups is 1. The Morgan fingerprint density at radius 1 is 1.23 bits per heavy atom. The molecule has 1 heterocycles. The van der Waals surface area contributed by atoms with E-state index in [1.54, 1.807) is 0 Å². The van der Waals surface area contributed by atoms with Crippen LogP contribution in [0.2, 0.25) is 0 Å². The predicted molar refractivity (Wildman–Crippen MR) is 113 cm³/mol. The Hall–Kier alpha value is -2.15. The number of allylic oxidation sites excluding steroid dienone is 2. The van der Waals surface area contributed by atoms with E-state index in [0.717, 1.165) is 24.8 Å². The first kappa shape index (κ1) is 23.5. The number of fused-ring (bicyclic) bond motifs is 1. The minimum atomic E-state index is -0.673. The molecule has 7 heteroatoms. The average Bonchev–Trinajstić information content (AvgIpc) is 3.02. The third-order valence-electron chi connectivity index (χ3n) is 7.79. The van der Waals surface area contributed by atoms with Crippen molar-refractivity contribution in [2.75, 3.05) is 13.2 Å². The molecule has 0 aromatic heterocycles. The predicted octanol–water partition coefficient (Wildman–Crippen LogP) is 3.10. The maximum Gasteiger partial charge on any atom is 0.337 e. The van der Waals surface area contributed by atoms with Crippen molar-refractivity contribution in [3.63, 3.8) is 0 Å². The first-order chi connectivity index (χ1) is 14.5. The molecule has 31 heavy (non-hydrogen) atoms. The van der Waals surface area contributed by atoms with Gasteiger partial charge < -0.3 is 19.3 Å². The van der Waals surface area contributed by atoms with Gasteiger partial charge in [-0.2, -0.15) is 0 Å². The molecule has 1 N–H and O–H groups in total. The van der Waals surface area contributed by atoms with Gasteiger partial charge >= 0.3 is 17.9 Å². The standard InChI is InChI=1S/C24H34O7/c1-14-6-9-20-23(4,11-10-21(31-16(3)27)24(20,5)13-25)18(14)8-7-17-19(30-15(2)26)12-29-22(17)28/h7,18-21,25H,1,6,8-13H2,2-5H3/b17-7+/t18-,19-,20+,21-,23+,24+/m1/s1.